The number of aliphatic hydroxyl groups is 1. The summed E-state index contributed by atoms with van der Waals surface area (Å²) in [6.45, 7) is 6.84. The molecule has 1 aromatic heterocycles. The van der Waals surface area contributed by atoms with Crippen LogP contribution in [0.25, 0.3) is 0 Å². The first-order chi connectivity index (χ1) is 14.2. The predicted octanol–water partition coefficient (Wildman–Crippen LogP) is 0.501. The smallest absolute Gasteiger partial charge is 0.251 e. The number of hydrogen-bond donors (Lipinski definition) is 2. The van der Waals surface area contributed by atoms with E-state index < -0.39 is 5.60 Å². The summed E-state index contributed by atoms with van der Waals surface area (Å²) in [5, 5.41) is 14.1. The van der Waals surface area contributed by atoms with Crippen LogP contribution in [-0.4, -0.2) is 75.7 Å². The molecular formula is C22H34N4O4. The van der Waals surface area contributed by atoms with Crippen molar-refractivity contribution in [3.8, 4) is 0 Å². The summed E-state index contributed by atoms with van der Waals surface area (Å²) < 4.78 is 1.44. The maximum absolute atomic E-state index is 12.7. The van der Waals surface area contributed by atoms with E-state index in [0.717, 1.165) is 37.9 Å². The highest BCUT2D eigenvalue weighted by molar-refractivity contribution is 5.76. The molecule has 3 rings (SSSR count). The first-order valence-corrected chi connectivity index (χ1v) is 10.9. The van der Waals surface area contributed by atoms with Crippen molar-refractivity contribution < 1.29 is 14.7 Å². The summed E-state index contributed by atoms with van der Waals surface area (Å²) >= 11 is 0. The lowest BCUT2D eigenvalue weighted by atomic mass is 9.93. The van der Waals surface area contributed by atoms with Crippen LogP contribution in [-0.2, 0) is 16.1 Å². The van der Waals surface area contributed by atoms with E-state index in [1.165, 1.54) is 10.6 Å². The Morgan fingerprint density at radius 1 is 1.20 bits per heavy atom. The van der Waals surface area contributed by atoms with E-state index in [-0.39, 0.29) is 30.0 Å². The number of hydrogen-bond acceptors (Lipinski definition) is 5. The van der Waals surface area contributed by atoms with Gasteiger partial charge in [0.25, 0.3) is 5.56 Å². The molecule has 8 nitrogen and oxygen atoms in total. The Morgan fingerprint density at radius 2 is 1.93 bits per heavy atom. The lowest BCUT2D eigenvalue weighted by molar-refractivity contribution is -0.132. The van der Waals surface area contributed by atoms with Gasteiger partial charge in [-0.1, -0.05) is 0 Å². The second-order valence-electron chi connectivity index (χ2n) is 8.88. The van der Waals surface area contributed by atoms with E-state index >= 15 is 0 Å². The molecule has 0 aliphatic carbocycles. The Hall–Kier alpha value is -2.19. The van der Waals surface area contributed by atoms with E-state index in [1.807, 2.05) is 13.0 Å². The van der Waals surface area contributed by atoms with Gasteiger partial charge in [0.2, 0.25) is 11.8 Å². The molecule has 0 radical (unpaired) electrons. The minimum atomic E-state index is -0.809. The Balaban J connectivity index is 1.50. The minimum Gasteiger partial charge on any atom is -0.388 e. The fraction of sp³-hybridized carbons (Fsp3) is 0.682. The third kappa shape index (κ3) is 6.15. The molecule has 8 heteroatoms. The Bertz CT molecular complexity index is 816. The van der Waals surface area contributed by atoms with Crippen molar-refractivity contribution in [2.24, 2.45) is 0 Å². The number of pyridine rings is 1. The second-order valence-corrected chi connectivity index (χ2v) is 8.88. The molecule has 30 heavy (non-hydrogen) atoms. The van der Waals surface area contributed by atoms with Gasteiger partial charge >= 0.3 is 0 Å². The zero-order valence-electron chi connectivity index (χ0n) is 18.1. The van der Waals surface area contributed by atoms with Gasteiger partial charge in [-0.15, -0.1) is 0 Å². The van der Waals surface area contributed by atoms with Gasteiger partial charge in [-0.05, 0) is 50.7 Å². The number of β-amino-alcohol motifs (C(OH)–C–C–N with tert-alkyl or cyclic N) is 1. The maximum atomic E-state index is 12.7. The number of rotatable bonds is 5. The number of likely N-dealkylation sites (tertiary alicyclic amines) is 2. The fourth-order valence-electron chi connectivity index (χ4n) is 4.51. The van der Waals surface area contributed by atoms with Gasteiger partial charge < -0.3 is 24.8 Å². The number of carbonyl (C=O) groups excluding carboxylic acids is 2. The Labute approximate surface area is 177 Å². The van der Waals surface area contributed by atoms with Crippen molar-refractivity contribution in [2.45, 2.75) is 64.1 Å². The predicted molar refractivity (Wildman–Crippen MR) is 114 cm³/mol. The normalized spacial score (nSPS) is 23.8. The average molecular weight is 419 g/mol. The molecule has 2 amide bonds. The molecule has 0 aromatic carbocycles. The molecule has 0 unspecified atom stereocenters. The number of carbonyl (C=O) groups is 2. The quantitative estimate of drug-likeness (QED) is 0.726. The highest BCUT2D eigenvalue weighted by atomic mass is 16.3. The standard InChI is InChI=1S/C22H34N4O4/c1-17-4-12-26(20(28)14-17)15-21(29)25-9-3-7-22(30,8-13-25)16-24-10-5-19(6-11-24)23-18(2)27/h4,12,14,19,30H,3,5-11,13,15-16H2,1-2H3,(H,23,27)/t22-/m0/s1. The molecule has 0 spiro atoms. The number of aromatic nitrogens is 1. The lowest BCUT2D eigenvalue weighted by Gasteiger charge is -2.38. The molecular weight excluding hydrogens is 384 g/mol. The van der Waals surface area contributed by atoms with Crippen LogP contribution in [0.1, 0.15) is 44.6 Å². The molecule has 0 saturated carbocycles. The van der Waals surface area contributed by atoms with Gasteiger partial charge in [0.15, 0.2) is 0 Å². The third-order valence-electron chi connectivity index (χ3n) is 6.24. The first kappa shape index (κ1) is 22.5. The summed E-state index contributed by atoms with van der Waals surface area (Å²) in [5.41, 5.74) is -0.0988. The Morgan fingerprint density at radius 3 is 2.60 bits per heavy atom. The molecule has 2 saturated heterocycles. The van der Waals surface area contributed by atoms with Crippen LogP contribution < -0.4 is 10.9 Å². The summed E-state index contributed by atoms with van der Waals surface area (Å²) in [5.74, 6) is -0.0742. The summed E-state index contributed by atoms with van der Waals surface area (Å²) in [7, 11) is 0. The highest BCUT2D eigenvalue weighted by Gasteiger charge is 2.34. The topological polar surface area (TPSA) is 94.9 Å². The van der Waals surface area contributed by atoms with Crippen molar-refractivity contribution in [2.75, 3.05) is 32.7 Å². The largest absolute Gasteiger partial charge is 0.388 e. The van der Waals surface area contributed by atoms with Gasteiger partial charge in [-0.3, -0.25) is 14.4 Å². The minimum absolute atomic E-state index is 0.00788. The fourth-order valence-corrected chi connectivity index (χ4v) is 4.51. The third-order valence-corrected chi connectivity index (χ3v) is 6.24. The van der Waals surface area contributed by atoms with Crippen LogP contribution in [0, 0.1) is 6.92 Å². The van der Waals surface area contributed by atoms with Crippen LogP contribution in [0.2, 0.25) is 0 Å². The van der Waals surface area contributed by atoms with Crippen molar-refractivity contribution in [1.29, 1.82) is 0 Å². The van der Waals surface area contributed by atoms with E-state index in [9.17, 15) is 19.5 Å². The van der Waals surface area contributed by atoms with Gasteiger partial charge in [-0.25, -0.2) is 0 Å². The highest BCUT2D eigenvalue weighted by Crippen LogP contribution is 2.25. The molecule has 0 bridgehead atoms. The first-order valence-electron chi connectivity index (χ1n) is 10.9. The summed E-state index contributed by atoms with van der Waals surface area (Å²) in [6.07, 6.45) is 5.39. The Kier molecular flexibility index (Phi) is 7.31. The molecule has 2 aliphatic rings. The summed E-state index contributed by atoms with van der Waals surface area (Å²) in [6, 6.07) is 3.58. The van der Waals surface area contributed by atoms with Crippen molar-refractivity contribution in [1.82, 2.24) is 19.7 Å². The number of piperidine rings is 1. The molecule has 1 aromatic rings. The maximum Gasteiger partial charge on any atom is 0.251 e. The molecule has 166 valence electrons. The van der Waals surface area contributed by atoms with E-state index in [0.29, 0.717) is 32.5 Å². The monoisotopic (exact) mass is 418 g/mol. The summed E-state index contributed by atoms with van der Waals surface area (Å²) in [4.78, 5) is 40.0. The number of aryl methyl sites for hydroxylation is 1. The van der Waals surface area contributed by atoms with E-state index in [1.54, 1.807) is 18.0 Å². The molecule has 3 heterocycles. The molecule has 2 N–H and O–H groups in total. The van der Waals surface area contributed by atoms with Crippen LogP contribution in [0.3, 0.4) is 0 Å². The SMILES string of the molecule is CC(=O)NC1CCN(C[C@]2(O)CCCN(C(=O)Cn3ccc(C)cc3=O)CC2)CC1. The second kappa shape index (κ2) is 9.75. The number of nitrogens with zero attached hydrogens (tertiary/aromatic N) is 3. The van der Waals surface area contributed by atoms with Crippen LogP contribution in [0.4, 0.5) is 0 Å². The molecule has 2 aliphatic heterocycles. The molecule has 1 atom stereocenters. The number of amides is 2. The van der Waals surface area contributed by atoms with Crippen molar-refractivity contribution in [3.63, 3.8) is 0 Å². The van der Waals surface area contributed by atoms with E-state index in [4.69, 9.17) is 0 Å². The van der Waals surface area contributed by atoms with Crippen molar-refractivity contribution >= 4 is 11.8 Å². The van der Waals surface area contributed by atoms with Crippen LogP contribution in [0.15, 0.2) is 23.1 Å². The molecule has 2 fully saturated rings. The van der Waals surface area contributed by atoms with Gasteiger partial charge in [0.1, 0.15) is 6.54 Å². The average Bonchev–Trinajstić information content (AvgIpc) is 2.87. The zero-order chi connectivity index (χ0) is 21.7. The van der Waals surface area contributed by atoms with Gasteiger partial charge in [0.05, 0.1) is 5.60 Å². The van der Waals surface area contributed by atoms with Crippen LogP contribution >= 0.6 is 0 Å². The zero-order valence-corrected chi connectivity index (χ0v) is 18.1. The van der Waals surface area contributed by atoms with Gasteiger partial charge in [-0.2, -0.15) is 0 Å². The van der Waals surface area contributed by atoms with Crippen molar-refractivity contribution in [3.05, 3.63) is 34.2 Å². The lowest BCUT2D eigenvalue weighted by Crippen LogP contribution is -2.50. The van der Waals surface area contributed by atoms with Gasteiger partial charge in [0, 0.05) is 58.0 Å². The van der Waals surface area contributed by atoms with Crippen LogP contribution in [0.5, 0.6) is 0 Å². The number of nitrogens with one attached hydrogen (secondary N) is 1. The van der Waals surface area contributed by atoms with E-state index in [2.05, 4.69) is 10.2 Å².